The summed E-state index contributed by atoms with van der Waals surface area (Å²) in [5.41, 5.74) is 2.20. The average Bonchev–Trinajstić information content (AvgIpc) is 3.01. The molecule has 1 aromatic carbocycles. The Bertz CT molecular complexity index is 657. The fraction of sp³-hybridized carbons (Fsp3) is 0.533. The molecular weight excluding hydrogens is 288 g/mol. The van der Waals surface area contributed by atoms with Crippen molar-refractivity contribution in [1.29, 1.82) is 0 Å². The minimum Gasteiger partial charge on any atom is -0.311 e. The molecule has 114 valence electrons. The minimum atomic E-state index is -2.91. The minimum absolute atomic E-state index is 0.0307. The van der Waals surface area contributed by atoms with Crippen LogP contribution in [0.4, 0.5) is 5.69 Å². The van der Waals surface area contributed by atoms with Crippen LogP contribution >= 0.6 is 0 Å². The third-order valence-electron chi connectivity index (χ3n) is 4.40. The summed E-state index contributed by atoms with van der Waals surface area (Å²) in [6, 6.07) is 7.92. The Labute approximate surface area is 125 Å². The Balaban J connectivity index is 1.65. The molecule has 1 aromatic rings. The molecule has 0 N–H and O–H groups in total. The second-order valence-corrected chi connectivity index (χ2v) is 8.12. The van der Waals surface area contributed by atoms with Crippen LogP contribution in [-0.2, 0) is 21.1 Å². The van der Waals surface area contributed by atoms with Crippen molar-refractivity contribution in [2.75, 3.05) is 36.5 Å². The number of rotatable bonds is 3. The van der Waals surface area contributed by atoms with Gasteiger partial charge in [-0.15, -0.1) is 0 Å². The van der Waals surface area contributed by atoms with Crippen LogP contribution in [0.3, 0.4) is 0 Å². The molecule has 1 amide bonds. The number of likely N-dealkylation sites (N-methyl/N-ethyl adjacent to an activating group) is 1. The number of sulfone groups is 1. The highest BCUT2D eigenvalue weighted by molar-refractivity contribution is 7.91. The maximum Gasteiger partial charge on any atom is 0.241 e. The number of carbonyl (C=O) groups excluding carboxylic acids is 1. The monoisotopic (exact) mass is 308 g/mol. The first-order chi connectivity index (χ1) is 9.96. The maximum absolute atomic E-state index is 12.5. The number of fused-ring (bicyclic) bond motifs is 1. The zero-order chi connectivity index (χ0) is 15.0. The van der Waals surface area contributed by atoms with E-state index in [-0.39, 0.29) is 30.0 Å². The van der Waals surface area contributed by atoms with E-state index in [1.807, 2.05) is 35.0 Å². The first-order valence-corrected chi connectivity index (χ1v) is 9.07. The fourth-order valence-corrected chi connectivity index (χ4v) is 4.95. The summed E-state index contributed by atoms with van der Waals surface area (Å²) in [6.07, 6.45) is 1.52. The van der Waals surface area contributed by atoms with E-state index in [2.05, 4.69) is 6.07 Å². The fourth-order valence-electron chi connectivity index (χ4n) is 3.15. The molecule has 1 atom stereocenters. The third-order valence-corrected chi connectivity index (χ3v) is 6.15. The van der Waals surface area contributed by atoms with Crippen LogP contribution in [0.15, 0.2) is 24.3 Å². The van der Waals surface area contributed by atoms with E-state index in [0.29, 0.717) is 6.42 Å². The second kappa shape index (κ2) is 5.42. The standard InChI is InChI=1S/C15H20N2O3S/c1-16(13-7-9-21(19,20)11-13)10-15(18)17-8-6-12-4-2-3-5-14(12)17/h2-5,13H,6-11H2,1H3. The van der Waals surface area contributed by atoms with Crippen LogP contribution in [0.2, 0.25) is 0 Å². The van der Waals surface area contributed by atoms with Crippen molar-refractivity contribution in [2.45, 2.75) is 18.9 Å². The number of hydrogen-bond acceptors (Lipinski definition) is 4. The highest BCUT2D eigenvalue weighted by atomic mass is 32.2. The predicted molar refractivity (Wildman–Crippen MR) is 82.2 cm³/mol. The van der Waals surface area contributed by atoms with Gasteiger partial charge in [-0.05, 0) is 31.5 Å². The van der Waals surface area contributed by atoms with Crippen LogP contribution in [0.1, 0.15) is 12.0 Å². The van der Waals surface area contributed by atoms with Gasteiger partial charge in [0.15, 0.2) is 9.84 Å². The first-order valence-electron chi connectivity index (χ1n) is 7.25. The van der Waals surface area contributed by atoms with Gasteiger partial charge < -0.3 is 4.90 Å². The normalized spacial score (nSPS) is 23.5. The van der Waals surface area contributed by atoms with Gasteiger partial charge in [0, 0.05) is 18.3 Å². The van der Waals surface area contributed by atoms with E-state index in [1.54, 1.807) is 0 Å². The molecule has 3 rings (SSSR count). The number of nitrogens with zero attached hydrogens (tertiary/aromatic N) is 2. The lowest BCUT2D eigenvalue weighted by Crippen LogP contribution is -2.42. The lowest BCUT2D eigenvalue weighted by molar-refractivity contribution is -0.119. The molecule has 2 heterocycles. The molecule has 1 saturated heterocycles. The SMILES string of the molecule is CN(CC(=O)N1CCc2ccccc21)C1CCS(=O)(=O)C1. The molecule has 1 fully saturated rings. The number of benzene rings is 1. The zero-order valence-corrected chi connectivity index (χ0v) is 13.0. The molecule has 1 unspecified atom stereocenters. The molecule has 2 aliphatic heterocycles. The molecule has 0 radical (unpaired) electrons. The molecule has 6 heteroatoms. The number of anilines is 1. The van der Waals surface area contributed by atoms with Gasteiger partial charge in [-0.3, -0.25) is 9.69 Å². The summed E-state index contributed by atoms with van der Waals surface area (Å²) >= 11 is 0. The van der Waals surface area contributed by atoms with Gasteiger partial charge in [-0.25, -0.2) is 8.42 Å². The van der Waals surface area contributed by atoms with Crippen molar-refractivity contribution in [1.82, 2.24) is 4.90 Å². The van der Waals surface area contributed by atoms with Gasteiger partial charge in [0.2, 0.25) is 5.91 Å². The van der Waals surface area contributed by atoms with E-state index < -0.39 is 9.84 Å². The van der Waals surface area contributed by atoms with Crippen molar-refractivity contribution < 1.29 is 13.2 Å². The average molecular weight is 308 g/mol. The van der Waals surface area contributed by atoms with Crippen molar-refractivity contribution in [3.8, 4) is 0 Å². The third kappa shape index (κ3) is 2.96. The highest BCUT2D eigenvalue weighted by Crippen LogP contribution is 2.27. The summed E-state index contributed by atoms with van der Waals surface area (Å²) in [5.74, 6) is 0.461. The van der Waals surface area contributed by atoms with Crippen molar-refractivity contribution >= 4 is 21.4 Å². The Morgan fingerprint density at radius 2 is 2.14 bits per heavy atom. The maximum atomic E-state index is 12.5. The van der Waals surface area contributed by atoms with Gasteiger partial charge in [-0.1, -0.05) is 18.2 Å². The molecule has 5 nitrogen and oxygen atoms in total. The van der Waals surface area contributed by atoms with Crippen LogP contribution in [0.25, 0.3) is 0 Å². The first kappa shape index (κ1) is 14.5. The number of para-hydroxylation sites is 1. The van der Waals surface area contributed by atoms with Crippen molar-refractivity contribution in [2.24, 2.45) is 0 Å². The number of carbonyl (C=O) groups is 1. The van der Waals surface area contributed by atoms with Crippen LogP contribution in [0, 0.1) is 0 Å². The van der Waals surface area contributed by atoms with Crippen molar-refractivity contribution in [3.63, 3.8) is 0 Å². The lowest BCUT2D eigenvalue weighted by Gasteiger charge is -2.25. The Morgan fingerprint density at radius 3 is 2.86 bits per heavy atom. The molecule has 0 saturated carbocycles. The lowest BCUT2D eigenvalue weighted by atomic mass is 10.2. The second-order valence-electron chi connectivity index (χ2n) is 5.90. The quantitative estimate of drug-likeness (QED) is 0.824. The largest absolute Gasteiger partial charge is 0.311 e. The Morgan fingerprint density at radius 1 is 1.38 bits per heavy atom. The summed E-state index contributed by atoms with van der Waals surface area (Å²) in [6.45, 7) is 0.990. The predicted octanol–water partition coefficient (Wildman–Crippen LogP) is 0.695. The van der Waals surface area contributed by atoms with Crippen LogP contribution in [0.5, 0.6) is 0 Å². The molecule has 0 aliphatic carbocycles. The van der Waals surface area contributed by atoms with Gasteiger partial charge >= 0.3 is 0 Å². The van der Waals surface area contributed by atoms with Crippen molar-refractivity contribution in [3.05, 3.63) is 29.8 Å². The molecule has 0 spiro atoms. The molecule has 0 bridgehead atoms. The summed E-state index contributed by atoms with van der Waals surface area (Å²) < 4.78 is 23.1. The van der Waals surface area contributed by atoms with E-state index in [0.717, 1.165) is 18.7 Å². The summed E-state index contributed by atoms with van der Waals surface area (Å²) in [4.78, 5) is 16.2. The Kier molecular flexibility index (Phi) is 3.75. The number of hydrogen-bond donors (Lipinski definition) is 0. The molecule has 2 aliphatic rings. The zero-order valence-electron chi connectivity index (χ0n) is 12.2. The Hall–Kier alpha value is -1.40. The molecule has 21 heavy (non-hydrogen) atoms. The van der Waals surface area contributed by atoms with Gasteiger partial charge in [0.1, 0.15) is 0 Å². The number of amides is 1. The van der Waals surface area contributed by atoms with Crippen LogP contribution in [-0.4, -0.2) is 56.9 Å². The smallest absolute Gasteiger partial charge is 0.241 e. The summed E-state index contributed by atoms with van der Waals surface area (Å²) in [5, 5.41) is 0. The molecular formula is C15H20N2O3S. The van der Waals surface area contributed by atoms with Gasteiger partial charge in [0.05, 0.1) is 18.1 Å². The molecule has 0 aromatic heterocycles. The van der Waals surface area contributed by atoms with Gasteiger partial charge in [-0.2, -0.15) is 0 Å². The summed E-state index contributed by atoms with van der Waals surface area (Å²) in [7, 11) is -1.07. The van der Waals surface area contributed by atoms with Gasteiger partial charge in [0.25, 0.3) is 0 Å². The van der Waals surface area contributed by atoms with Crippen LogP contribution < -0.4 is 4.90 Å². The van der Waals surface area contributed by atoms with E-state index in [1.165, 1.54) is 5.56 Å². The topological polar surface area (TPSA) is 57.7 Å². The van der Waals surface area contributed by atoms with E-state index in [9.17, 15) is 13.2 Å². The van der Waals surface area contributed by atoms with E-state index in [4.69, 9.17) is 0 Å². The highest BCUT2D eigenvalue weighted by Gasteiger charge is 2.32. The van der Waals surface area contributed by atoms with E-state index >= 15 is 0 Å².